The van der Waals surface area contributed by atoms with Crippen LogP contribution in [-0.4, -0.2) is 29.6 Å². The maximum atomic E-state index is 12.5. The fourth-order valence-corrected chi connectivity index (χ4v) is 3.33. The predicted octanol–water partition coefficient (Wildman–Crippen LogP) is 4.87. The summed E-state index contributed by atoms with van der Waals surface area (Å²) in [5.41, 5.74) is 5.39. The van der Waals surface area contributed by atoms with Gasteiger partial charge in [-0.2, -0.15) is 0 Å². The average molecular weight is 401 g/mol. The number of H-pyrrole nitrogens is 1. The van der Waals surface area contributed by atoms with Gasteiger partial charge in [0, 0.05) is 5.56 Å². The van der Waals surface area contributed by atoms with Crippen molar-refractivity contribution in [3.8, 4) is 22.9 Å². The van der Waals surface area contributed by atoms with Crippen LogP contribution in [0.3, 0.4) is 0 Å². The summed E-state index contributed by atoms with van der Waals surface area (Å²) in [5.74, 6) is 1.71. The second-order valence-electron chi connectivity index (χ2n) is 7.12. The van der Waals surface area contributed by atoms with Crippen LogP contribution in [0.15, 0.2) is 60.7 Å². The van der Waals surface area contributed by atoms with Gasteiger partial charge in [-0.05, 0) is 55.8 Å². The van der Waals surface area contributed by atoms with E-state index in [2.05, 4.69) is 15.3 Å². The molecule has 2 N–H and O–H groups in total. The molecule has 0 aliphatic carbocycles. The number of ether oxygens (including phenoxy) is 2. The third kappa shape index (κ3) is 4.12. The summed E-state index contributed by atoms with van der Waals surface area (Å²) in [6.45, 7) is 3.88. The van der Waals surface area contributed by atoms with Gasteiger partial charge < -0.3 is 19.8 Å². The lowest BCUT2D eigenvalue weighted by atomic mass is 10.1. The van der Waals surface area contributed by atoms with Crippen molar-refractivity contribution in [2.45, 2.75) is 13.8 Å². The molecule has 4 rings (SSSR count). The summed E-state index contributed by atoms with van der Waals surface area (Å²) in [6.07, 6.45) is 0. The second-order valence-corrected chi connectivity index (χ2v) is 7.12. The molecule has 6 heteroatoms. The molecule has 0 bridgehead atoms. The van der Waals surface area contributed by atoms with E-state index in [0.29, 0.717) is 17.2 Å². The molecule has 0 aliphatic heterocycles. The number of nitrogens with zero attached hydrogens (tertiary/aromatic N) is 1. The van der Waals surface area contributed by atoms with Crippen LogP contribution in [-0.2, 0) is 4.79 Å². The van der Waals surface area contributed by atoms with Gasteiger partial charge in [-0.3, -0.25) is 4.79 Å². The Hall–Kier alpha value is -3.80. The monoisotopic (exact) mass is 401 g/mol. The van der Waals surface area contributed by atoms with E-state index in [9.17, 15) is 4.79 Å². The van der Waals surface area contributed by atoms with Gasteiger partial charge in [-0.25, -0.2) is 4.98 Å². The van der Waals surface area contributed by atoms with Gasteiger partial charge in [-0.15, -0.1) is 0 Å². The van der Waals surface area contributed by atoms with E-state index in [4.69, 9.17) is 9.47 Å². The van der Waals surface area contributed by atoms with Crippen LogP contribution in [0.4, 0.5) is 5.69 Å². The predicted molar refractivity (Wildman–Crippen MR) is 118 cm³/mol. The number of fused-ring (bicyclic) bond motifs is 1. The standard InChI is InChI=1S/C24H23N3O3/c1-15-8-10-21(16(2)12-15)30-14-23(28)25-20-13-17(9-11-22(20)29-3)24-26-18-6-4-5-7-19(18)27-24/h4-13H,14H2,1-3H3,(H,25,28)(H,26,27). The Morgan fingerprint density at radius 1 is 1.03 bits per heavy atom. The van der Waals surface area contributed by atoms with Crippen molar-refractivity contribution in [3.05, 3.63) is 71.8 Å². The summed E-state index contributed by atoms with van der Waals surface area (Å²) in [5, 5.41) is 2.88. The van der Waals surface area contributed by atoms with E-state index in [0.717, 1.165) is 33.5 Å². The van der Waals surface area contributed by atoms with Gasteiger partial charge in [0.1, 0.15) is 17.3 Å². The Morgan fingerprint density at radius 2 is 1.83 bits per heavy atom. The highest BCUT2D eigenvalue weighted by Crippen LogP contribution is 2.30. The van der Waals surface area contributed by atoms with Crippen molar-refractivity contribution in [2.24, 2.45) is 0 Å². The van der Waals surface area contributed by atoms with E-state index < -0.39 is 0 Å². The summed E-state index contributed by atoms with van der Waals surface area (Å²) in [6, 6.07) is 19.2. The van der Waals surface area contributed by atoms with Crippen LogP contribution >= 0.6 is 0 Å². The first-order valence-electron chi connectivity index (χ1n) is 9.66. The largest absolute Gasteiger partial charge is 0.495 e. The van der Waals surface area contributed by atoms with Crippen molar-refractivity contribution < 1.29 is 14.3 Å². The number of para-hydroxylation sites is 2. The van der Waals surface area contributed by atoms with Crippen LogP contribution in [0.5, 0.6) is 11.5 Å². The van der Waals surface area contributed by atoms with E-state index >= 15 is 0 Å². The molecule has 0 atom stereocenters. The molecule has 1 aromatic heterocycles. The lowest BCUT2D eigenvalue weighted by Crippen LogP contribution is -2.20. The molecule has 0 saturated heterocycles. The molecule has 0 unspecified atom stereocenters. The number of aromatic nitrogens is 2. The number of benzene rings is 3. The van der Waals surface area contributed by atoms with Crippen molar-refractivity contribution in [3.63, 3.8) is 0 Å². The van der Waals surface area contributed by atoms with E-state index in [1.165, 1.54) is 0 Å². The fourth-order valence-electron chi connectivity index (χ4n) is 3.33. The number of nitrogens with one attached hydrogen (secondary N) is 2. The molecule has 0 saturated carbocycles. The molecule has 6 nitrogen and oxygen atoms in total. The van der Waals surface area contributed by atoms with Crippen LogP contribution in [0.2, 0.25) is 0 Å². The van der Waals surface area contributed by atoms with Crippen molar-refractivity contribution in [1.82, 2.24) is 9.97 Å². The van der Waals surface area contributed by atoms with Crippen molar-refractivity contribution in [2.75, 3.05) is 19.0 Å². The molecule has 30 heavy (non-hydrogen) atoms. The minimum absolute atomic E-state index is 0.0953. The molecule has 0 fully saturated rings. The van der Waals surface area contributed by atoms with E-state index in [1.807, 2.05) is 74.5 Å². The molecule has 0 radical (unpaired) electrons. The average Bonchev–Trinajstić information content (AvgIpc) is 3.17. The SMILES string of the molecule is COc1ccc(-c2nc3ccccc3[nH]2)cc1NC(=O)COc1ccc(C)cc1C. The molecular formula is C24H23N3O3. The van der Waals surface area contributed by atoms with Crippen LogP contribution < -0.4 is 14.8 Å². The summed E-state index contributed by atoms with van der Waals surface area (Å²) in [4.78, 5) is 20.4. The van der Waals surface area contributed by atoms with Crippen LogP contribution in [0, 0.1) is 13.8 Å². The van der Waals surface area contributed by atoms with Gasteiger partial charge in [-0.1, -0.05) is 29.8 Å². The number of hydrogen-bond acceptors (Lipinski definition) is 4. The minimum Gasteiger partial charge on any atom is -0.495 e. The molecule has 4 aromatic rings. The van der Waals surface area contributed by atoms with E-state index in [-0.39, 0.29) is 12.5 Å². The molecule has 1 amide bonds. The number of imidazole rings is 1. The smallest absolute Gasteiger partial charge is 0.262 e. The first-order chi connectivity index (χ1) is 14.5. The lowest BCUT2D eigenvalue weighted by molar-refractivity contribution is -0.118. The normalized spacial score (nSPS) is 10.8. The highest BCUT2D eigenvalue weighted by Gasteiger charge is 2.13. The number of aromatic amines is 1. The number of methoxy groups -OCH3 is 1. The number of anilines is 1. The first kappa shape index (κ1) is 19.5. The summed E-state index contributed by atoms with van der Waals surface area (Å²) < 4.78 is 11.1. The number of rotatable bonds is 6. The zero-order chi connectivity index (χ0) is 21.1. The van der Waals surface area contributed by atoms with Gasteiger partial charge in [0.15, 0.2) is 6.61 Å². The number of carbonyl (C=O) groups is 1. The maximum Gasteiger partial charge on any atom is 0.262 e. The summed E-state index contributed by atoms with van der Waals surface area (Å²) >= 11 is 0. The highest BCUT2D eigenvalue weighted by atomic mass is 16.5. The van der Waals surface area contributed by atoms with Crippen LogP contribution in [0.25, 0.3) is 22.4 Å². The number of aryl methyl sites for hydroxylation is 2. The Morgan fingerprint density at radius 3 is 2.60 bits per heavy atom. The quantitative estimate of drug-likeness (QED) is 0.483. The van der Waals surface area contributed by atoms with Gasteiger partial charge in [0.05, 0.1) is 23.8 Å². The Kier molecular flexibility index (Phi) is 5.39. The Bertz CT molecular complexity index is 1180. The van der Waals surface area contributed by atoms with Crippen LogP contribution in [0.1, 0.15) is 11.1 Å². The second kappa shape index (κ2) is 8.29. The number of hydrogen-bond donors (Lipinski definition) is 2. The molecule has 0 aliphatic rings. The topological polar surface area (TPSA) is 76.2 Å². The fraction of sp³-hybridized carbons (Fsp3) is 0.167. The molecular weight excluding hydrogens is 378 g/mol. The third-order valence-electron chi connectivity index (χ3n) is 4.83. The van der Waals surface area contributed by atoms with Crippen molar-refractivity contribution in [1.29, 1.82) is 0 Å². The zero-order valence-electron chi connectivity index (χ0n) is 17.2. The zero-order valence-corrected chi connectivity index (χ0v) is 17.2. The van der Waals surface area contributed by atoms with Gasteiger partial charge in [0.25, 0.3) is 5.91 Å². The third-order valence-corrected chi connectivity index (χ3v) is 4.83. The highest BCUT2D eigenvalue weighted by molar-refractivity contribution is 5.94. The Labute approximate surface area is 174 Å². The Balaban J connectivity index is 1.52. The molecule has 152 valence electrons. The molecule has 1 heterocycles. The van der Waals surface area contributed by atoms with Gasteiger partial charge in [0.2, 0.25) is 0 Å². The molecule has 3 aromatic carbocycles. The minimum atomic E-state index is -0.268. The van der Waals surface area contributed by atoms with Crippen molar-refractivity contribution >= 4 is 22.6 Å². The van der Waals surface area contributed by atoms with E-state index in [1.54, 1.807) is 7.11 Å². The summed E-state index contributed by atoms with van der Waals surface area (Å²) in [7, 11) is 1.57. The molecule has 0 spiro atoms. The number of carbonyl (C=O) groups excluding carboxylic acids is 1. The lowest BCUT2D eigenvalue weighted by Gasteiger charge is -2.13. The first-order valence-corrected chi connectivity index (χ1v) is 9.66. The van der Waals surface area contributed by atoms with Gasteiger partial charge >= 0.3 is 0 Å². The maximum absolute atomic E-state index is 12.5. The number of amides is 1.